The van der Waals surface area contributed by atoms with Gasteiger partial charge in [-0.2, -0.15) is 9.78 Å². The number of carboxylic acids is 1. The van der Waals surface area contributed by atoms with Crippen LogP contribution in [0.4, 0.5) is 0 Å². The molecule has 0 radical (unpaired) electrons. The molecule has 0 amide bonds. The van der Waals surface area contributed by atoms with Crippen molar-refractivity contribution in [1.82, 2.24) is 9.66 Å². The lowest BCUT2D eigenvalue weighted by molar-refractivity contribution is 0.0696. The van der Waals surface area contributed by atoms with Gasteiger partial charge in [0.05, 0.1) is 34.3 Å². The van der Waals surface area contributed by atoms with Crippen LogP contribution in [-0.4, -0.2) is 33.6 Å². The lowest BCUT2D eigenvalue weighted by Gasteiger charge is -2.15. The maximum Gasteiger partial charge on any atom is 0.335 e. The summed E-state index contributed by atoms with van der Waals surface area (Å²) in [4.78, 5) is 29.2. The Balaban J connectivity index is 1.68. The predicted octanol–water partition coefficient (Wildman–Crippen LogP) is 6.49. The van der Waals surface area contributed by atoms with Crippen LogP contribution in [0.3, 0.4) is 0 Å². The van der Waals surface area contributed by atoms with Crippen molar-refractivity contribution in [3.8, 4) is 11.5 Å². The fourth-order valence-electron chi connectivity index (χ4n) is 3.79. The van der Waals surface area contributed by atoms with Crippen LogP contribution >= 0.6 is 27.5 Å². The third-order valence-corrected chi connectivity index (χ3v) is 6.33. The number of hydrogen-bond donors (Lipinski definition) is 1. The third kappa shape index (κ3) is 6.06. The second-order valence-corrected chi connectivity index (χ2v) is 10.0. The van der Waals surface area contributed by atoms with E-state index >= 15 is 0 Å². The van der Waals surface area contributed by atoms with Crippen molar-refractivity contribution < 1.29 is 19.4 Å². The fourth-order valence-corrected chi connectivity index (χ4v) is 4.43. The van der Waals surface area contributed by atoms with Crippen LogP contribution < -0.4 is 15.0 Å². The summed E-state index contributed by atoms with van der Waals surface area (Å²) in [5.74, 6) is 0.181. The molecular formula is C28H25BrClN3O5. The van der Waals surface area contributed by atoms with Crippen molar-refractivity contribution >= 4 is 50.6 Å². The normalized spacial score (nSPS) is 11.4. The van der Waals surface area contributed by atoms with E-state index in [4.69, 9.17) is 21.1 Å². The van der Waals surface area contributed by atoms with E-state index in [-0.39, 0.29) is 28.7 Å². The van der Waals surface area contributed by atoms with Crippen molar-refractivity contribution in [2.75, 3.05) is 6.61 Å². The largest absolute Gasteiger partial charge is 0.490 e. The van der Waals surface area contributed by atoms with Gasteiger partial charge in [-0.3, -0.25) is 4.79 Å². The molecule has 38 heavy (non-hydrogen) atoms. The average molecular weight is 599 g/mol. The second kappa shape index (κ2) is 11.8. The Morgan fingerprint density at radius 2 is 1.97 bits per heavy atom. The molecule has 3 aromatic carbocycles. The van der Waals surface area contributed by atoms with Gasteiger partial charge < -0.3 is 14.6 Å². The van der Waals surface area contributed by atoms with Gasteiger partial charge >= 0.3 is 5.97 Å². The molecule has 0 aliphatic heterocycles. The zero-order valence-electron chi connectivity index (χ0n) is 20.9. The molecule has 4 rings (SSSR count). The Kier molecular flexibility index (Phi) is 8.48. The lowest BCUT2D eigenvalue weighted by atomic mass is 10.1. The van der Waals surface area contributed by atoms with Crippen molar-refractivity contribution in [3.05, 3.63) is 97.0 Å². The minimum absolute atomic E-state index is 0.0501. The highest BCUT2D eigenvalue weighted by molar-refractivity contribution is 9.10. The van der Waals surface area contributed by atoms with E-state index in [1.54, 1.807) is 36.4 Å². The van der Waals surface area contributed by atoms with E-state index in [0.29, 0.717) is 46.0 Å². The van der Waals surface area contributed by atoms with E-state index in [1.165, 1.54) is 23.0 Å². The summed E-state index contributed by atoms with van der Waals surface area (Å²) in [6, 6.07) is 15.2. The summed E-state index contributed by atoms with van der Waals surface area (Å²) in [5.41, 5.74) is 1.75. The first kappa shape index (κ1) is 27.3. The molecule has 0 fully saturated rings. The van der Waals surface area contributed by atoms with Gasteiger partial charge in [-0.1, -0.05) is 53.5 Å². The number of fused-ring (bicyclic) bond motifs is 1. The summed E-state index contributed by atoms with van der Waals surface area (Å²) in [7, 11) is 0. The number of carboxylic acid groups (broad SMARTS) is 1. The number of rotatable bonds is 9. The molecule has 0 aliphatic rings. The van der Waals surface area contributed by atoms with E-state index in [2.05, 4.69) is 26.0 Å². The predicted molar refractivity (Wildman–Crippen MR) is 151 cm³/mol. The Morgan fingerprint density at radius 3 is 2.68 bits per heavy atom. The number of aromatic carboxylic acids is 1. The van der Waals surface area contributed by atoms with Gasteiger partial charge in [0, 0.05) is 10.4 Å². The molecular weight excluding hydrogens is 574 g/mol. The molecule has 196 valence electrons. The summed E-state index contributed by atoms with van der Waals surface area (Å²) < 4.78 is 13.8. The lowest BCUT2D eigenvalue weighted by Crippen LogP contribution is -2.23. The Bertz CT molecular complexity index is 1600. The zero-order valence-corrected chi connectivity index (χ0v) is 23.3. The standard InChI is InChI=1S/C28H25BrClN3O5/c1-4-37-24-12-18(11-22(30)25(24)38-15-17-6-5-7-19(10-17)28(35)36)14-31-33-26(16(2)3)32-23-9-8-20(29)13-21(23)27(33)34/h5-14,16H,4,15H2,1-3H3,(H,35,36). The maximum absolute atomic E-state index is 13.3. The SMILES string of the molecule is CCOc1cc(C=Nn2c(C(C)C)nc3ccc(Br)cc3c2=O)cc(Cl)c1OCc1cccc(C(=O)O)c1. The zero-order chi connectivity index (χ0) is 27.4. The topological polar surface area (TPSA) is 103 Å². The van der Waals surface area contributed by atoms with E-state index in [1.807, 2.05) is 26.8 Å². The molecule has 1 N–H and O–H groups in total. The number of hydrogen-bond acceptors (Lipinski definition) is 6. The van der Waals surface area contributed by atoms with Crippen molar-refractivity contribution in [1.29, 1.82) is 0 Å². The third-order valence-electron chi connectivity index (χ3n) is 5.56. The van der Waals surface area contributed by atoms with Crippen molar-refractivity contribution in [3.63, 3.8) is 0 Å². The van der Waals surface area contributed by atoms with Gasteiger partial charge in [-0.25, -0.2) is 9.78 Å². The molecule has 0 aliphatic carbocycles. The first-order valence-electron chi connectivity index (χ1n) is 11.9. The number of carbonyl (C=O) groups is 1. The first-order valence-corrected chi connectivity index (χ1v) is 13.0. The number of aromatic nitrogens is 2. The average Bonchev–Trinajstić information content (AvgIpc) is 2.88. The number of halogens is 2. The van der Waals surface area contributed by atoms with Crippen molar-refractivity contribution in [2.24, 2.45) is 5.10 Å². The highest BCUT2D eigenvalue weighted by Gasteiger charge is 2.16. The van der Waals surface area contributed by atoms with Crippen LogP contribution in [0.1, 0.15) is 54.0 Å². The number of benzene rings is 3. The van der Waals surface area contributed by atoms with Crippen LogP contribution in [-0.2, 0) is 6.61 Å². The minimum atomic E-state index is -1.02. The van der Waals surface area contributed by atoms with E-state index in [0.717, 1.165) is 4.47 Å². The van der Waals surface area contributed by atoms with Gasteiger partial charge in [-0.05, 0) is 60.5 Å². The second-order valence-electron chi connectivity index (χ2n) is 8.70. The highest BCUT2D eigenvalue weighted by Crippen LogP contribution is 2.37. The molecule has 8 nitrogen and oxygen atoms in total. The van der Waals surface area contributed by atoms with Crippen LogP contribution in [0.25, 0.3) is 10.9 Å². The Morgan fingerprint density at radius 1 is 1.18 bits per heavy atom. The quantitative estimate of drug-likeness (QED) is 0.221. The first-order chi connectivity index (χ1) is 18.2. The van der Waals surface area contributed by atoms with Crippen LogP contribution in [0.5, 0.6) is 11.5 Å². The number of ether oxygens (including phenoxy) is 2. The summed E-state index contributed by atoms with van der Waals surface area (Å²) in [6.45, 7) is 6.19. The van der Waals surface area contributed by atoms with Gasteiger partial charge in [-0.15, -0.1) is 0 Å². The summed E-state index contributed by atoms with van der Waals surface area (Å²) >= 11 is 9.97. The molecule has 0 saturated heterocycles. The molecule has 4 aromatic rings. The summed E-state index contributed by atoms with van der Waals surface area (Å²) in [5, 5.41) is 14.4. The van der Waals surface area contributed by atoms with E-state index in [9.17, 15) is 14.7 Å². The van der Waals surface area contributed by atoms with Gasteiger partial charge in [0.1, 0.15) is 12.4 Å². The fraction of sp³-hybridized carbons (Fsp3) is 0.214. The monoisotopic (exact) mass is 597 g/mol. The molecule has 1 aromatic heterocycles. The molecule has 1 heterocycles. The summed E-state index contributed by atoms with van der Waals surface area (Å²) in [6.07, 6.45) is 1.52. The molecule has 0 bridgehead atoms. The highest BCUT2D eigenvalue weighted by atomic mass is 79.9. The maximum atomic E-state index is 13.3. The number of nitrogens with zero attached hydrogens (tertiary/aromatic N) is 3. The van der Waals surface area contributed by atoms with Gasteiger partial charge in [0.15, 0.2) is 11.5 Å². The van der Waals surface area contributed by atoms with Gasteiger partial charge in [0.25, 0.3) is 5.56 Å². The van der Waals surface area contributed by atoms with Crippen molar-refractivity contribution in [2.45, 2.75) is 33.3 Å². The molecule has 0 atom stereocenters. The van der Waals surface area contributed by atoms with Crippen LogP contribution in [0, 0.1) is 0 Å². The Labute approximate surface area is 232 Å². The Hall–Kier alpha value is -3.69. The molecule has 10 heteroatoms. The van der Waals surface area contributed by atoms with Gasteiger partial charge in [0.2, 0.25) is 0 Å². The van der Waals surface area contributed by atoms with Crippen LogP contribution in [0.15, 0.2) is 69.0 Å². The minimum Gasteiger partial charge on any atom is -0.490 e. The van der Waals surface area contributed by atoms with E-state index < -0.39 is 5.97 Å². The smallest absolute Gasteiger partial charge is 0.335 e. The molecule has 0 unspecified atom stereocenters. The molecule has 0 saturated carbocycles. The van der Waals surface area contributed by atoms with Crippen LogP contribution in [0.2, 0.25) is 5.02 Å². The molecule has 0 spiro atoms.